The lowest BCUT2D eigenvalue weighted by molar-refractivity contribution is -0.132. The van der Waals surface area contributed by atoms with Gasteiger partial charge in [-0.05, 0) is 63.0 Å². The fourth-order valence-corrected chi connectivity index (χ4v) is 7.30. The molecule has 0 aromatic heterocycles. The number of carbonyl (C=O) groups is 2. The van der Waals surface area contributed by atoms with E-state index in [0.717, 1.165) is 24.2 Å². The first-order valence-electron chi connectivity index (χ1n) is 13.5. The number of thioether (sulfide) groups is 1. The first-order chi connectivity index (χ1) is 18.7. The van der Waals surface area contributed by atoms with Crippen LogP contribution in [0.1, 0.15) is 39.2 Å². The second kappa shape index (κ2) is 13.3. The van der Waals surface area contributed by atoms with Crippen molar-refractivity contribution in [3.63, 3.8) is 0 Å². The molecule has 7 nitrogen and oxygen atoms in total. The predicted molar refractivity (Wildman–Crippen MR) is 161 cm³/mol. The average Bonchev–Trinajstić information content (AvgIpc) is 3.39. The van der Waals surface area contributed by atoms with Crippen LogP contribution in [0, 0.1) is 5.92 Å². The summed E-state index contributed by atoms with van der Waals surface area (Å²) in [4.78, 5) is 30.5. The molecule has 2 aromatic rings. The molecule has 2 aromatic carbocycles. The number of nitrogens with one attached hydrogen (secondary N) is 1. The highest BCUT2D eigenvalue weighted by molar-refractivity contribution is 8.00. The van der Waals surface area contributed by atoms with E-state index in [2.05, 4.69) is 10.2 Å². The van der Waals surface area contributed by atoms with Gasteiger partial charge < -0.3 is 15.2 Å². The summed E-state index contributed by atoms with van der Waals surface area (Å²) in [6.07, 6.45) is 0.319. The Kier molecular flexibility index (Phi) is 10.0. The van der Waals surface area contributed by atoms with Gasteiger partial charge >= 0.3 is 6.09 Å². The molecule has 2 amide bonds. The fraction of sp³-hybridized carbons (Fsp3) is 0.500. The SMILES string of the molecule is CC(C)(C)NC(=O)C1[C@H]2CCS[C@H]2CCN1C[C@@H](O)[C@H](C=S)N(C(=O)OCc1ccccc1)c1ccccc1. The molecule has 1 unspecified atom stereocenters. The maximum Gasteiger partial charge on any atom is 0.415 e. The second-order valence-electron chi connectivity index (χ2n) is 11.3. The minimum absolute atomic E-state index is 0.00649. The summed E-state index contributed by atoms with van der Waals surface area (Å²) in [6.45, 7) is 6.95. The summed E-state index contributed by atoms with van der Waals surface area (Å²) in [5, 5.41) is 16.6. The maximum absolute atomic E-state index is 13.5. The van der Waals surface area contributed by atoms with Crippen LogP contribution >= 0.6 is 24.0 Å². The van der Waals surface area contributed by atoms with Gasteiger partial charge in [-0.25, -0.2) is 4.79 Å². The van der Waals surface area contributed by atoms with Gasteiger partial charge in [0, 0.05) is 34.9 Å². The first kappa shape index (κ1) is 29.5. The van der Waals surface area contributed by atoms with E-state index in [1.165, 1.54) is 10.3 Å². The molecule has 2 N–H and O–H groups in total. The van der Waals surface area contributed by atoms with Gasteiger partial charge in [0.05, 0.1) is 18.2 Å². The lowest BCUT2D eigenvalue weighted by Crippen LogP contribution is -2.62. The molecule has 39 heavy (non-hydrogen) atoms. The van der Waals surface area contributed by atoms with Crippen molar-refractivity contribution < 1.29 is 19.4 Å². The number of hydrogen-bond acceptors (Lipinski definition) is 7. The van der Waals surface area contributed by atoms with Crippen molar-refractivity contribution in [3.05, 3.63) is 66.2 Å². The minimum Gasteiger partial charge on any atom is -0.444 e. The normalized spacial score (nSPS) is 22.8. The van der Waals surface area contributed by atoms with Crippen LogP contribution in [-0.4, -0.2) is 75.2 Å². The zero-order valence-electron chi connectivity index (χ0n) is 22.9. The number of benzene rings is 2. The van der Waals surface area contributed by atoms with Gasteiger partial charge in [0.1, 0.15) is 6.61 Å². The number of piperidine rings is 1. The van der Waals surface area contributed by atoms with Crippen LogP contribution in [0.3, 0.4) is 0 Å². The van der Waals surface area contributed by atoms with E-state index in [0.29, 0.717) is 17.5 Å². The fourth-order valence-electron chi connectivity index (χ4n) is 5.48. The summed E-state index contributed by atoms with van der Waals surface area (Å²) >= 11 is 7.33. The number of hydrogen-bond donors (Lipinski definition) is 2. The van der Waals surface area contributed by atoms with Crippen LogP contribution in [0.15, 0.2) is 60.7 Å². The van der Waals surface area contributed by atoms with Crippen molar-refractivity contribution >= 4 is 47.0 Å². The van der Waals surface area contributed by atoms with Crippen molar-refractivity contribution in [2.75, 3.05) is 23.7 Å². The molecule has 2 aliphatic heterocycles. The summed E-state index contributed by atoms with van der Waals surface area (Å²) in [5.41, 5.74) is 1.08. The third kappa shape index (κ3) is 7.60. The Labute approximate surface area is 241 Å². The highest BCUT2D eigenvalue weighted by atomic mass is 32.2. The summed E-state index contributed by atoms with van der Waals surface area (Å²) < 4.78 is 5.67. The molecule has 0 bridgehead atoms. The molecular formula is C30H39N3O4S2. The Morgan fingerprint density at radius 1 is 1.15 bits per heavy atom. The van der Waals surface area contributed by atoms with Gasteiger partial charge in [-0.3, -0.25) is 14.6 Å². The molecule has 2 heterocycles. The number of para-hydroxylation sites is 1. The van der Waals surface area contributed by atoms with E-state index in [9.17, 15) is 14.7 Å². The van der Waals surface area contributed by atoms with Gasteiger partial charge in [0.15, 0.2) is 0 Å². The van der Waals surface area contributed by atoms with Crippen molar-refractivity contribution in [2.45, 2.75) is 69.2 Å². The lowest BCUT2D eigenvalue weighted by atomic mass is 9.85. The summed E-state index contributed by atoms with van der Waals surface area (Å²) in [7, 11) is 0. The van der Waals surface area contributed by atoms with Gasteiger partial charge in [-0.1, -0.05) is 60.7 Å². The number of likely N-dealkylation sites (tertiary alicyclic amines) is 1. The Balaban J connectivity index is 1.55. The maximum atomic E-state index is 13.5. The number of amides is 2. The largest absolute Gasteiger partial charge is 0.444 e. The Morgan fingerprint density at radius 3 is 2.46 bits per heavy atom. The predicted octanol–water partition coefficient (Wildman–Crippen LogP) is 4.67. The smallest absolute Gasteiger partial charge is 0.415 e. The third-order valence-electron chi connectivity index (χ3n) is 7.22. The second-order valence-corrected chi connectivity index (χ2v) is 12.9. The van der Waals surface area contributed by atoms with Crippen LogP contribution in [0.2, 0.25) is 0 Å². The van der Waals surface area contributed by atoms with Gasteiger partial charge in [-0.2, -0.15) is 11.8 Å². The molecule has 0 aliphatic carbocycles. The zero-order valence-corrected chi connectivity index (χ0v) is 24.5. The molecule has 2 aliphatic rings. The van der Waals surface area contributed by atoms with Gasteiger partial charge in [-0.15, -0.1) is 0 Å². The Bertz CT molecular complexity index is 1110. The molecule has 2 fully saturated rings. The monoisotopic (exact) mass is 569 g/mol. The van der Waals surface area contributed by atoms with E-state index in [1.54, 1.807) is 12.1 Å². The topological polar surface area (TPSA) is 82.1 Å². The van der Waals surface area contributed by atoms with Crippen molar-refractivity contribution in [2.24, 2.45) is 5.92 Å². The number of fused-ring (bicyclic) bond motifs is 1. The highest BCUT2D eigenvalue weighted by Gasteiger charge is 2.46. The van der Waals surface area contributed by atoms with E-state index in [4.69, 9.17) is 17.0 Å². The Morgan fingerprint density at radius 2 is 1.82 bits per heavy atom. The molecule has 4 rings (SSSR count). The molecule has 0 saturated carbocycles. The summed E-state index contributed by atoms with van der Waals surface area (Å²) in [5.74, 6) is 1.26. The number of aliphatic hydroxyl groups excluding tert-OH is 1. The number of anilines is 1. The number of thiocarbonyl (C=S) groups is 1. The number of rotatable bonds is 9. The molecule has 0 spiro atoms. The number of ether oxygens (including phenoxy) is 1. The van der Waals surface area contributed by atoms with Crippen molar-refractivity contribution in [3.8, 4) is 0 Å². The molecule has 210 valence electrons. The van der Waals surface area contributed by atoms with E-state index < -0.39 is 18.2 Å². The van der Waals surface area contributed by atoms with E-state index in [-0.39, 0.29) is 36.6 Å². The Hall–Kier alpha value is -2.46. The highest BCUT2D eigenvalue weighted by Crippen LogP contribution is 2.42. The van der Waals surface area contributed by atoms with Gasteiger partial charge in [0.25, 0.3) is 0 Å². The molecule has 5 atom stereocenters. The van der Waals surface area contributed by atoms with E-state index in [1.807, 2.05) is 81.1 Å². The lowest BCUT2D eigenvalue weighted by Gasteiger charge is -2.44. The standard InChI is InChI=1S/C30H39N3O4S2/c1-30(2,3)31-28(35)27-23-15-17-39-26(23)14-16-32(27)18-25(34)24(20-38)33(22-12-8-5-9-13-22)29(36)37-19-21-10-6-4-7-11-21/h4-13,20,23-27,34H,14-19H2,1-3H3,(H,31,35)/t23-,24-,25+,26-,27?/m0/s1. The van der Waals surface area contributed by atoms with Crippen LogP contribution in [0.25, 0.3) is 0 Å². The zero-order chi connectivity index (χ0) is 28.0. The van der Waals surface area contributed by atoms with Crippen molar-refractivity contribution in [1.29, 1.82) is 0 Å². The van der Waals surface area contributed by atoms with Crippen LogP contribution in [-0.2, 0) is 16.1 Å². The third-order valence-corrected chi connectivity index (χ3v) is 8.98. The van der Waals surface area contributed by atoms with Crippen LogP contribution in [0.4, 0.5) is 10.5 Å². The minimum atomic E-state index is -1.03. The van der Waals surface area contributed by atoms with Gasteiger partial charge in [0.2, 0.25) is 5.91 Å². The molecule has 9 heteroatoms. The van der Waals surface area contributed by atoms with E-state index >= 15 is 0 Å². The van der Waals surface area contributed by atoms with Crippen LogP contribution < -0.4 is 10.2 Å². The molecular weight excluding hydrogens is 530 g/mol. The quantitative estimate of drug-likeness (QED) is 0.425. The molecule has 2 saturated heterocycles. The number of nitrogens with zero attached hydrogens (tertiary/aromatic N) is 2. The van der Waals surface area contributed by atoms with Crippen molar-refractivity contribution in [1.82, 2.24) is 10.2 Å². The summed E-state index contributed by atoms with van der Waals surface area (Å²) in [6, 6.07) is 17.4. The number of aliphatic hydroxyl groups is 1. The number of β-amino-alcohol motifs (C(OH)–C–C–N with tert-alkyl or cyclic N) is 1. The van der Waals surface area contributed by atoms with Crippen LogP contribution in [0.5, 0.6) is 0 Å². The molecule has 0 radical (unpaired) electrons. The first-order valence-corrected chi connectivity index (χ1v) is 15.1. The number of carbonyl (C=O) groups excluding carboxylic acids is 2. The average molecular weight is 570 g/mol.